The summed E-state index contributed by atoms with van der Waals surface area (Å²) in [4.78, 5) is 17.2. The minimum absolute atomic E-state index is 0.0733. The fourth-order valence-corrected chi connectivity index (χ4v) is 3.07. The molecular weight excluding hydrogens is 370 g/mol. The molecule has 2 aromatic carbocycles. The highest BCUT2D eigenvalue weighted by molar-refractivity contribution is 5.84. The molecule has 1 N–H and O–H groups in total. The number of para-hydroxylation sites is 1. The van der Waals surface area contributed by atoms with Crippen LogP contribution >= 0.6 is 0 Å². The molecule has 0 saturated carbocycles. The number of aromatic hydroxyl groups is 1. The minimum Gasteiger partial charge on any atom is -0.497 e. The molecule has 0 unspecified atom stereocenters. The van der Waals surface area contributed by atoms with E-state index in [2.05, 4.69) is 15.2 Å². The summed E-state index contributed by atoms with van der Waals surface area (Å²) in [7, 11) is 1.59. The zero-order valence-electron chi connectivity index (χ0n) is 16.2. The van der Waals surface area contributed by atoms with Gasteiger partial charge in [0, 0.05) is 0 Å². The first-order valence-electron chi connectivity index (χ1n) is 8.95. The van der Waals surface area contributed by atoms with Gasteiger partial charge >= 0.3 is 0 Å². The first kappa shape index (κ1) is 18.4. The second-order valence-corrected chi connectivity index (χ2v) is 6.47. The smallest absolute Gasteiger partial charge is 0.282 e. The van der Waals surface area contributed by atoms with Crippen molar-refractivity contribution in [1.29, 1.82) is 0 Å². The summed E-state index contributed by atoms with van der Waals surface area (Å²) in [6.45, 7) is 3.47. The molecule has 0 amide bonds. The van der Waals surface area contributed by atoms with E-state index in [4.69, 9.17) is 4.74 Å². The molecule has 0 radical (unpaired) electrons. The van der Waals surface area contributed by atoms with Crippen LogP contribution in [0, 0.1) is 13.8 Å². The number of aromatic nitrogens is 4. The number of methoxy groups -OCH3 is 1. The van der Waals surface area contributed by atoms with Crippen molar-refractivity contribution >= 4 is 17.1 Å². The predicted octanol–water partition coefficient (Wildman–Crippen LogP) is 2.80. The molecule has 0 aliphatic heterocycles. The van der Waals surface area contributed by atoms with E-state index >= 15 is 0 Å². The van der Waals surface area contributed by atoms with Gasteiger partial charge in [0.2, 0.25) is 5.88 Å². The highest BCUT2D eigenvalue weighted by Gasteiger charge is 2.15. The maximum absolute atomic E-state index is 12.7. The Bertz CT molecular complexity index is 1290. The molecule has 0 atom stereocenters. The normalized spacial score (nSPS) is 11.4. The topological polar surface area (TPSA) is 94.5 Å². The molecule has 2 heterocycles. The van der Waals surface area contributed by atoms with Gasteiger partial charge in [-0.3, -0.25) is 4.79 Å². The largest absolute Gasteiger partial charge is 0.497 e. The van der Waals surface area contributed by atoms with Crippen LogP contribution < -0.4 is 10.3 Å². The van der Waals surface area contributed by atoms with Crippen LogP contribution in [0.2, 0.25) is 0 Å². The Morgan fingerprint density at radius 3 is 2.55 bits per heavy atom. The highest BCUT2D eigenvalue weighted by Crippen LogP contribution is 2.24. The average Bonchev–Trinajstić information content (AvgIpc) is 3.02. The summed E-state index contributed by atoms with van der Waals surface area (Å²) in [6.07, 6.45) is 1.42. The molecule has 0 bridgehead atoms. The molecule has 2 aromatic heterocycles. The Morgan fingerprint density at radius 1 is 1.10 bits per heavy atom. The Morgan fingerprint density at radius 2 is 1.83 bits per heavy atom. The number of fused-ring (bicyclic) bond motifs is 1. The van der Waals surface area contributed by atoms with Crippen molar-refractivity contribution in [2.45, 2.75) is 13.8 Å². The van der Waals surface area contributed by atoms with Crippen molar-refractivity contribution in [2.75, 3.05) is 7.11 Å². The number of hydrogen-bond donors (Lipinski definition) is 1. The van der Waals surface area contributed by atoms with Crippen molar-refractivity contribution in [3.05, 3.63) is 76.0 Å². The number of rotatable bonds is 4. The van der Waals surface area contributed by atoms with Gasteiger partial charge in [-0.2, -0.15) is 14.9 Å². The fourth-order valence-electron chi connectivity index (χ4n) is 3.07. The molecule has 0 aliphatic carbocycles. The van der Waals surface area contributed by atoms with Gasteiger partial charge in [0.15, 0.2) is 0 Å². The van der Waals surface area contributed by atoms with Crippen molar-refractivity contribution in [3.8, 4) is 17.3 Å². The van der Waals surface area contributed by atoms with Gasteiger partial charge in [0.05, 0.1) is 41.2 Å². The van der Waals surface area contributed by atoms with Gasteiger partial charge < -0.3 is 9.84 Å². The van der Waals surface area contributed by atoms with Gasteiger partial charge in [0.1, 0.15) is 11.6 Å². The Kier molecular flexibility index (Phi) is 4.59. The molecule has 0 spiro atoms. The van der Waals surface area contributed by atoms with Crippen molar-refractivity contribution in [1.82, 2.24) is 19.4 Å². The lowest BCUT2D eigenvalue weighted by Crippen LogP contribution is -2.20. The van der Waals surface area contributed by atoms with Crippen LogP contribution in [-0.4, -0.2) is 37.9 Å². The first-order chi connectivity index (χ1) is 14.0. The quantitative estimate of drug-likeness (QED) is 0.542. The zero-order valence-corrected chi connectivity index (χ0v) is 16.2. The van der Waals surface area contributed by atoms with Gasteiger partial charge in [-0.25, -0.2) is 9.67 Å². The summed E-state index contributed by atoms with van der Waals surface area (Å²) >= 11 is 0. The second-order valence-electron chi connectivity index (χ2n) is 6.47. The molecule has 8 heteroatoms. The molecule has 0 fully saturated rings. The number of benzene rings is 2. The van der Waals surface area contributed by atoms with Crippen molar-refractivity contribution < 1.29 is 9.84 Å². The van der Waals surface area contributed by atoms with E-state index in [1.807, 2.05) is 6.07 Å². The lowest BCUT2D eigenvalue weighted by molar-refractivity contribution is 0.414. The van der Waals surface area contributed by atoms with Crippen LogP contribution in [0.1, 0.15) is 17.1 Å². The van der Waals surface area contributed by atoms with Crippen LogP contribution in [0.3, 0.4) is 0 Å². The zero-order chi connectivity index (χ0) is 20.5. The third-order valence-electron chi connectivity index (χ3n) is 4.62. The van der Waals surface area contributed by atoms with Gasteiger partial charge in [-0.1, -0.05) is 12.1 Å². The molecule has 0 saturated heterocycles. The van der Waals surface area contributed by atoms with E-state index in [0.717, 1.165) is 0 Å². The van der Waals surface area contributed by atoms with Crippen LogP contribution in [0.5, 0.6) is 11.6 Å². The van der Waals surface area contributed by atoms with Crippen LogP contribution in [-0.2, 0) is 0 Å². The highest BCUT2D eigenvalue weighted by atomic mass is 16.5. The monoisotopic (exact) mass is 389 g/mol. The first-order valence-corrected chi connectivity index (χ1v) is 8.95. The van der Waals surface area contributed by atoms with Gasteiger partial charge in [-0.15, -0.1) is 0 Å². The molecule has 0 aliphatic rings. The molecule has 29 heavy (non-hydrogen) atoms. The summed E-state index contributed by atoms with van der Waals surface area (Å²) in [5.41, 5.74) is 2.01. The average molecular weight is 389 g/mol. The molecule has 8 nitrogen and oxygen atoms in total. The maximum Gasteiger partial charge on any atom is 0.282 e. The van der Waals surface area contributed by atoms with Crippen molar-refractivity contribution in [3.63, 3.8) is 0 Å². The summed E-state index contributed by atoms with van der Waals surface area (Å²) < 4.78 is 7.77. The third kappa shape index (κ3) is 3.25. The Hall–Kier alpha value is -3.94. The van der Waals surface area contributed by atoms with E-state index in [1.54, 1.807) is 63.4 Å². The lowest BCUT2D eigenvalue weighted by atomic mass is 10.2. The molecule has 146 valence electrons. The molecule has 4 rings (SSSR count). The maximum atomic E-state index is 12.7. The van der Waals surface area contributed by atoms with E-state index in [-0.39, 0.29) is 11.4 Å². The minimum atomic E-state index is -0.274. The van der Waals surface area contributed by atoms with Crippen LogP contribution in [0.4, 0.5) is 0 Å². The molecular formula is C21H19N5O3. The van der Waals surface area contributed by atoms with Gasteiger partial charge in [-0.05, 0) is 50.2 Å². The van der Waals surface area contributed by atoms with E-state index in [0.29, 0.717) is 39.4 Å². The SMILES string of the molecule is COc1ccc(-n2nc(C)c(/C=N/n3c(C)nc4ccccc4c3=O)c2O)cc1. The Labute approximate surface area is 166 Å². The predicted molar refractivity (Wildman–Crippen MR) is 110 cm³/mol. The molecule has 4 aromatic rings. The standard InChI is InChI=1S/C21H19N5O3/c1-13-18(21(28)26(24-13)15-8-10-16(29-3)11-9-15)12-22-25-14(2)23-19-7-5-4-6-17(19)20(25)27/h4-12,28H,1-3H3/b22-12+. The van der Waals surface area contributed by atoms with Crippen LogP contribution in [0.25, 0.3) is 16.6 Å². The third-order valence-corrected chi connectivity index (χ3v) is 4.62. The van der Waals surface area contributed by atoms with E-state index in [9.17, 15) is 9.90 Å². The van der Waals surface area contributed by atoms with Gasteiger partial charge in [0.25, 0.3) is 5.56 Å². The van der Waals surface area contributed by atoms with E-state index in [1.165, 1.54) is 15.6 Å². The van der Waals surface area contributed by atoms with Crippen molar-refractivity contribution in [2.24, 2.45) is 5.10 Å². The Balaban J connectivity index is 1.75. The van der Waals surface area contributed by atoms with Crippen LogP contribution in [0.15, 0.2) is 58.4 Å². The fraction of sp³-hybridized carbons (Fsp3) is 0.143. The number of nitrogens with zero attached hydrogens (tertiary/aromatic N) is 5. The summed E-state index contributed by atoms with van der Waals surface area (Å²) in [5, 5.41) is 19.8. The van der Waals surface area contributed by atoms with E-state index < -0.39 is 0 Å². The second kappa shape index (κ2) is 7.23. The number of aryl methyl sites for hydroxylation is 2. The lowest BCUT2D eigenvalue weighted by Gasteiger charge is -2.05. The number of ether oxygens (including phenoxy) is 1. The number of hydrogen-bond acceptors (Lipinski definition) is 6. The summed E-state index contributed by atoms with van der Waals surface area (Å²) in [5.74, 6) is 1.08. The summed E-state index contributed by atoms with van der Waals surface area (Å²) in [6, 6.07) is 14.2.